The molecule has 1 fully saturated rings. The molecule has 1 aliphatic carbocycles. The molecular formula is C26H36HfO2S2. The van der Waals surface area contributed by atoms with E-state index in [1.165, 1.54) is 60.8 Å². The van der Waals surface area contributed by atoms with Gasteiger partial charge in [-0.1, -0.05) is 0 Å². The molecule has 4 rings (SSSR count). The molecule has 2 aromatic carbocycles. The van der Waals surface area contributed by atoms with Gasteiger partial charge in [0, 0.05) is 0 Å². The van der Waals surface area contributed by atoms with Crippen molar-refractivity contribution in [1.29, 1.82) is 0 Å². The average molecular weight is 623 g/mol. The first-order valence-corrected chi connectivity index (χ1v) is 23.3. The number of benzene rings is 2. The third-order valence-electron chi connectivity index (χ3n) is 6.76. The molecule has 0 radical (unpaired) electrons. The van der Waals surface area contributed by atoms with Crippen molar-refractivity contribution < 1.29 is 29.1 Å². The second-order valence-electron chi connectivity index (χ2n) is 9.48. The number of hydrogen-bond donors (Lipinski definition) is 2. The molecular weight excluding hydrogens is 587 g/mol. The van der Waals surface area contributed by atoms with Crippen LogP contribution in [0.3, 0.4) is 0 Å². The average Bonchev–Trinajstić information content (AvgIpc) is 2.98. The van der Waals surface area contributed by atoms with Crippen molar-refractivity contribution in [3.05, 3.63) is 57.6 Å². The summed E-state index contributed by atoms with van der Waals surface area (Å²) < 4.78 is 0. The van der Waals surface area contributed by atoms with Gasteiger partial charge in [-0.25, -0.2) is 0 Å². The molecule has 5 heteroatoms. The summed E-state index contributed by atoms with van der Waals surface area (Å²) in [7, 11) is 1.01. The third-order valence-corrected chi connectivity index (χ3v) is 36.0. The van der Waals surface area contributed by atoms with Gasteiger partial charge in [0.15, 0.2) is 0 Å². The summed E-state index contributed by atoms with van der Waals surface area (Å²) in [6, 6.07) is 8.68. The summed E-state index contributed by atoms with van der Waals surface area (Å²) in [5.74, 6) is 3.31. The number of aryl methyl sites for hydroxylation is 4. The Balaban J connectivity index is 1.72. The molecule has 0 bridgehead atoms. The first kappa shape index (κ1) is 23.8. The van der Waals surface area contributed by atoms with Gasteiger partial charge in [0.1, 0.15) is 0 Å². The first-order valence-electron chi connectivity index (χ1n) is 11.6. The van der Waals surface area contributed by atoms with Gasteiger partial charge in [-0.3, -0.25) is 0 Å². The zero-order valence-corrected chi connectivity index (χ0v) is 24.6. The molecule has 0 amide bonds. The predicted octanol–water partition coefficient (Wildman–Crippen LogP) is 7.59. The van der Waals surface area contributed by atoms with Crippen LogP contribution < -0.4 is 0 Å². The van der Waals surface area contributed by atoms with Crippen LogP contribution in [0.25, 0.3) is 0 Å². The number of aromatic hydroxyl groups is 2. The van der Waals surface area contributed by atoms with E-state index in [4.69, 9.17) is 0 Å². The SMILES string of the molecule is Cc1cc(C)c(O)c(C[S]2=[Hf]=[S](Cc3cc(C)cc(C)c3O)[C@H]3CCCCCCC32)c1. The molecule has 2 N–H and O–H groups in total. The Kier molecular flexibility index (Phi) is 7.86. The van der Waals surface area contributed by atoms with Crippen LogP contribution in [-0.2, 0) is 30.4 Å². The second-order valence-corrected chi connectivity index (χ2v) is 30.3. The van der Waals surface area contributed by atoms with E-state index in [0.717, 1.165) is 33.1 Å². The number of fused-ring (bicyclic) bond motifs is 1. The van der Waals surface area contributed by atoms with E-state index in [0.29, 0.717) is 25.9 Å². The fourth-order valence-electron chi connectivity index (χ4n) is 5.25. The molecule has 1 heterocycles. The molecule has 0 aromatic heterocycles. The summed E-state index contributed by atoms with van der Waals surface area (Å²) in [5, 5.41) is 23.3. The Morgan fingerprint density at radius 3 is 1.55 bits per heavy atom. The predicted molar refractivity (Wildman–Crippen MR) is 133 cm³/mol. The molecule has 2 nitrogen and oxygen atoms in total. The molecule has 0 saturated heterocycles. The van der Waals surface area contributed by atoms with Crippen molar-refractivity contribution in [3.63, 3.8) is 0 Å². The van der Waals surface area contributed by atoms with E-state index in [1.807, 2.05) is 13.8 Å². The van der Waals surface area contributed by atoms with Crippen molar-refractivity contribution in [2.75, 3.05) is 0 Å². The van der Waals surface area contributed by atoms with Crippen molar-refractivity contribution in [2.24, 2.45) is 0 Å². The zero-order valence-electron chi connectivity index (χ0n) is 19.3. The van der Waals surface area contributed by atoms with Crippen LogP contribution >= 0.6 is 14.4 Å². The van der Waals surface area contributed by atoms with E-state index >= 15 is 0 Å². The fourth-order valence-corrected chi connectivity index (χ4v) is 44.3. The third kappa shape index (κ3) is 5.41. The van der Waals surface area contributed by atoms with Crippen LogP contribution in [0.15, 0.2) is 24.3 Å². The molecule has 2 aromatic rings. The van der Waals surface area contributed by atoms with Gasteiger partial charge in [-0.15, -0.1) is 0 Å². The Bertz CT molecular complexity index is 988. The van der Waals surface area contributed by atoms with Gasteiger partial charge in [0.2, 0.25) is 0 Å². The Morgan fingerprint density at radius 2 is 1.13 bits per heavy atom. The van der Waals surface area contributed by atoms with Crippen LogP contribution in [0, 0.1) is 27.7 Å². The topological polar surface area (TPSA) is 40.5 Å². The van der Waals surface area contributed by atoms with Crippen LogP contribution in [0.1, 0.15) is 71.9 Å². The van der Waals surface area contributed by atoms with E-state index in [9.17, 15) is 10.2 Å². The molecule has 3 unspecified atom stereocenters. The molecule has 4 atom stereocenters. The quantitative estimate of drug-likeness (QED) is 0.345. The molecule has 31 heavy (non-hydrogen) atoms. The summed E-state index contributed by atoms with van der Waals surface area (Å²) in [4.78, 5) is 0. The van der Waals surface area contributed by atoms with Gasteiger partial charge in [-0.05, 0) is 0 Å². The number of rotatable bonds is 4. The Labute approximate surface area is 199 Å². The molecule has 0 spiro atoms. The number of phenols is 2. The summed E-state index contributed by atoms with van der Waals surface area (Å²) >= 11 is -0.890. The standard InChI is InChI=1S/C26H36O2S2.Hf/c1-17-11-19(3)25(27)21(13-17)15-29-23-9-7-5-6-8-10-24(23)30-16-22-14-18(2)12-20(4)26(22)28;/h11-14,23-24,27-28H,5-10,15-16H2,1-4H3;/t23-,24?;/m0./s1. The van der Waals surface area contributed by atoms with Gasteiger partial charge in [0.05, 0.1) is 0 Å². The molecule has 168 valence electrons. The van der Waals surface area contributed by atoms with E-state index in [-0.39, 0.29) is 0 Å². The van der Waals surface area contributed by atoms with Crippen molar-refractivity contribution in [2.45, 2.75) is 88.2 Å². The zero-order chi connectivity index (χ0) is 22.1. The van der Waals surface area contributed by atoms with Crippen LogP contribution in [0.2, 0.25) is 0 Å². The Morgan fingerprint density at radius 1 is 0.710 bits per heavy atom. The fraction of sp³-hybridized carbons (Fsp3) is 0.538. The molecule has 2 aliphatic rings. The molecule has 1 aliphatic heterocycles. The van der Waals surface area contributed by atoms with E-state index in [1.54, 1.807) is 0 Å². The minimum atomic E-state index is -0.890. The van der Waals surface area contributed by atoms with Crippen LogP contribution in [0.5, 0.6) is 11.5 Å². The Hall–Kier alpha value is -0.390. The summed E-state index contributed by atoms with van der Waals surface area (Å²) in [5.41, 5.74) is 7.01. The van der Waals surface area contributed by atoms with Crippen molar-refractivity contribution in [1.82, 2.24) is 0 Å². The van der Waals surface area contributed by atoms with Gasteiger partial charge >= 0.3 is 201 Å². The van der Waals surface area contributed by atoms with Crippen molar-refractivity contribution in [3.8, 4) is 11.5 Å². The van der Waals surface area contributed by atoms with Crippen molar-refractivity contribution >= 4 is 14.4 Å². The normalized spacial score (nSPS) is 25.8. The van der Waals surface area contributed by atoms with E-state index < -0.39 is 18.9 Å². The second kappa shape index (κ2) is 10.3. The van der Waals surface area contributed by atoms with Gasteiger partial charge < -0.3 is 0 Å². The van der Waals surface area contributed by atoms with E-state index in [2.05, 4.69) is 38.1 Å². The van der Waals surface area contributed by atoms with Crippen LogP contribution in [0.4, 0.5) is 0 Å². The summed E-state index contributed by atoms with van der Waals surface area (Å²) in [6.45, 7) is 8.39. The van der Waals surface area contributed by atoms with Gasteiger partial charge in [0.25, 0.3) is 0 Å². The monoisotopic (exact) mass is 624 g/mol. The number of hydrogen-bond acceptors (Lipinski definition) is 2. The van der Waals surface area contributed by atoms with Crippen LogP contribution in [-0.4, -0.2) is 20.7 Å². The summed E-state index contributed by atoms with van der Waals surface area (Å²) in [6.07, 6.45) is 8.37. The van der Waals surface area contributed by atoms with Gasteiger partial charge in [-0.2, -0.15) is 0 Å². The first-order chi connectivity index (χ1) is 14.8. The number of phenolic OH excluding ortho intramolecular Hbond substituents is 2. The minimum absolute atomic E-state index is 0.504. The maximum absolute atomic E-state index is 10.8. The maximum atomic E-state index is 10.8. The molecule has 1 saturated carbocycles.